The SMILES string of the molecule is ClCc1ccc2c(cnc3ccccc32)c1. The molecule has 0 aliphatic carbocycles. The van der Waals surface area contributed by atoms with E-state index in [1.54, 1.807) is 0 Å². The zero-order chi connectivity index (χ0) is 11.0. The van der Waals surface area contributed by atoms with E-state index in [1.165, 1.54) is 10.8 Å². The van der Waals surface area contributed by atoms with Gasteiger partial charge in [-0.1, -0.05) is 30.3 Å². The van der Waals surface area contributed by atoms with Gasteiger partial charge < -0.3 is 0 Å². The van der Waals surface area contributed by atoms with Crippen molar-refractivity contribution in [1.82, 2.24) is 4.98 Å². The van der Waals surface area contributed by atoms with E-state index < -0.39 is 0 Å². The van der Waals surface area contributed by atoms with Crippen LogP contribution in [0, 0.1) is 0 Å². The summed E-state index contributed by atoms with van der Waals surface area (Å²) in [4.78, 5) is 4.44. The van der Waals surface area contributed by atoms with E-state index in [0.29, 0.717) is 5.88 Å². The van der Waals surface area contributed by atoms with Crippen LogP contribution in [0.2, 0.25) is 0 Å². The Kier molecular flexibility index (Phi) is 2.26. The Balaban J connectivity index is 2.43. The third-order valence-electron chi connectivity index (χ3n) is 2.81. The molecular weight excluding hydrogens is 218 g/mol. The van der Waals surface area contributed by atoms with Crippen molar-refractivity contribution in [3.8, 4) is 0 Å². The van der Waals surface area contributed by atoms with Crippen LogP contribution in [-0.4, -0.2) is 4.98 Å². The first-order chi connectivity index (χ1) is 7.88. The number of pyridine rings is 1. The lowest BCUT2D eigenvalue weighted by Crippen LogP contribution is -1.83. The maximum absolute atomic E-state index is 5.83. The van der Waals surface area contributed by atoms with Crippen molar-refractivity contribution in [2.24, 2.45) is 0 Å². The average molecular weight is 228 g/mol. The molecule has 1 aromatic heterocycles. The van der Waals surface area contributed by atoms with Gasteiger partial charge in [-0.25, -0.2) is 0 Å². The number of fused-ring (bicyclic) bond motifs is 3. The number of hydrogen-bond acceptors (Lipinski definition) is 1. The maximum Gasteiger partial charge on any atom is 0.0708 e. The van der Waals surface area contributed by atoms with Gasteiger partial charge in [-0.3, -0.25) is 4.98 Å². The monoisotopic (exact) mass is 227 g/mol. The van der Waals surface area contributed by atoms with E-state index in [-0.39, 0.29) is 0 Å². The molecule has 0 amide bonds. The zero-order valence-electron chi connectivity index (χ0n) is 8.65. The van der Waals surface area contributed by atoms with Gasteiger partial charge in [-0.05, 0) is 23.1 Å². The molecule has 0 saturated carbocycles. The van der Waals surface area contributed by atoms with Crippen molar-refractivity contribution >= 4 is 33.3 Å². The van der Waals surface area contributed by atoms with Gasteiger partial charge in [0.2, 0.25) is 0 Å². The first kappa shape index (κ1) is 9.61. The fourth-order valence-electron chi connectivity index (χ4n) is 2.00. The van der Waals surface area contributed by atoms with Gasteiger partial charge in [-0.15, -0.1) is 11.6 Å². The lowest BCUT2D eigenvalue weighted by Gasteiger charge is -2.04. The summed E-state index contributed by atoms with van der Waals surface area (Å²) in [6.45, 7) is 0. The Labute approximate surface area is 98.7 Å². The van der Waals surface area contributed by atoms with Crippen LogP contribution in [0.15, 0.2) is 48.7 Å². The number of nitrogens with zero attached hydrogens (tertiary/aromatic N) is 1. The minimum atomic E-state index is 0.544. The smallest absolute Gasteiger partial charge is 0.0708 e. The number of hydrogen-bond donors (Lipinski definition) is 0. The number of rotatable bonds is 1. The molecule has 0 saturated heterocycles. The van der Waals surface area contributed by atoms with Gasteiger partial charge in [-0.2, -0.15) is 0 Å². The molecule has 0 aliphatic rings. The van der Waals surface area contributed by atoms with E-state index >= 15 is 0 Å². The van der Waals surface area contributed by atoms with Crippen molar-refractivity contribution in [2.45, 2.75) is 5.88 Å². The molecule has 0 spiro atoms. The van der Waals surface area contributed by atoms with Crippen molar-refractivity contribution < 1.29 is 0 Å². The molecule has 2 heteroatoms. The van der Waals surface area contributed by atoms with E-state index in [2.05, 4.69) is 29.2 Å². The standard InChI is InChI=1S/C14H10ClN/c15-8-10-5-6-12-11(7-10)9-16-14-4-2-1-3-13(12)14/h1-7,9H,8H2. The summed E-state index contributed by atoms with van der Waals surface area (Å²) >= 11 is 5.83. The number of aromatic nitrogens is 1. The Bertz CT molecular complexity index is 661. The largest absolute Gasteiger partial charge is 0.256 e. The first-order valence-corrected chi connectivity index (χ1v) is 5.74. The van der Waals surface area contributed by atoms with Gasteiger partial charge >= 0.3 is 0 Å². The van der Waals surface area contributed by atoms with Crippen molar-refractivity contribution in [2.75, 3.05) is 0 Å². The number of benzene rings is 2. The van der Waals surface area contributed by atoms with Crippen molar-refractivity contribution in [3.63, 3.8) is 0 Å². The first-order valence-electron chi connectivity index (χ1n) is 5.21. The molecule has 0 N–H and O–H groups in total. The van der Waals surface area contributed by atoms with Gasteiger partial charge in [0.1, 0.15) is 0 Å². The molecule has 3 aromatic rings. The predicted molar refractivity (Wildman–Crippen MR) is 68.8 cm³/mol. The highest BCUT2D eigenvalue weighted by atomic mass is 35.5. The van der Waals surface area contributed by atoms with Gasteiger partial charge in [0.25, 0.3) is 0 Å². The lowest BCUT2D eigenvalue weighted by atomic mass is 10.0. The van der Waals surface area contributed by atoms with Crippen LogP contribution in [0.5, 0.6) is 0 Å². The van der Waals surface area contributed by atoms with Crippen LogP contribution in [0.3, 0.4) is 0 Å². The number of para-hydroxylation sites is 1. The molecule has 0 aliphatic heterocycles. The minimum Gasteiger partial charge on any atom is -0.256 e. The fourth-order valence-corrected chi connectivity index (χ4v) is 2.17. The second-order valence-corrected chi connectivity index (χ2v) is 4.10. The number of halogens is 1. The molecule has 78 valence electrons. The van der Waals surface area contributed by atoms with Crippen LogP contribution < -0.4 is 0 Å². The summed E-state index contributed by atoms with van der Waals surface area (Å²) in [7, 11) is 0. The summed E-state index contributed by atoms with van der Waals surface area (Å²) in [5, 5.41) is 3.58. The van der Waals surface area contributed by atoms with Crippen LogP contribution in [0.4, 0.5) is 0 Å². The molecular formula is C14H10ClN. The van der Waals surface area contributed by atoms with Gasteiger partial charge in [0.05, 0.1) is 5.52 Å². The molecule has 0 unspecified atom stereocenters. The Morgan fingerprint density at radius 1 is 1.00 bits per heavy atom. The van der Waals surface area contributed by atoms with E-state index in [1.807, 2.05) is 24.4 Å². The van der Waals surface area contributed by atoms with E-state index in [0.717, 1.165) is 16.5 Å². The summed E-state index contributed by atoms with van der Waals surface area (Å²) in [6.07, 6.45) is 1.91. The normalized spacial score (nSPS) is 11.1. The molecule has 0 atom stereocenters. The lowest BCUT2D eigenvalue weighted by molar-refractivity contribution is 1.40. The maximum atomic E-state index is 5.83. The highest BCUT2D eigenvalue weighted by molar-refractivity contribution is 6.17. The topological polar surface area (TPSA) is 12.9 Å². The summed E-state index contributed by atoms with van der Waals surface area (Å²) in [5.41, 5.74) is 2.17. The molecule has 0 radical (unpaired) electrons. The minimum absolute atomic E-state index is 0.544. The Morgan fingerprint density at radius 3 is 2.75 bits per heavy atom. The third-order valence-corrected chi connectivity index (χ3v) is 3.12. The average Bonchev–Trinajstić information content (AvgIpc) is 2.38. The molecule has 0 fully saturated rings. The number of alkyl halides is 1. The molecule has 2 aromatic carbocycles. The Hall–Kier alpha value is -1.60. The molecule has 1 nitrogen and oxygen atoms in total. The molecule has 16 heavy (non-hydrogen) atoms. The van der Waals surface area contributed by atoms with E-state index in [4.69, 9.17) is 11.6 Å². The summed E-state index contributed by atoms with van der Waals surface area (Å²) in [5.74, 6) is 0.544. The second kappa shape index (κ2) is 3.76. The van der Waals surface area contributed by atoms with Gasteiger partial charge in [0, 0.05) is 22.8 Å². The summed E-state index contributed by atoms with van der Waals surface area (Å²) in [6, 6.07) is 14.5. The zero-order valence-corrected chi connectivity index (χ0v) is 9.41. The van der Waals surface area contributed by atoms with Crippen LogP contribution in [-0.2, 0) is 5.88 Å². The quantitative estimate of drug-likeness (QED) is 0.450. The summed E-state index contributed by atoms with van der Waals surface area (Å²) < 4.78 is 0. The van der Waals surface area contributed by atoms with Crippen molar-refractivity contribution in [1.29, 1.82) is 0 Å². The molecule has 1 heterocycles. The van der Waals surface area contributed by atoms with Crippen molar-refractivity contribution in [3.05, 3.63) is 54.2 Å². The molecule has 3 rings (SSSR count). The highest BCUT2D eigenvalue weighted by Gasteiger charge is 2.01. The van der Waals surface area contributed by atoms with Gasteiger partial charge in [0.15, 0.2) is 0 Å². The van der Waals surface area contributed by atoms with Crippen LogP contribution >= 0.6 is 11.6 Å². The Morgan fingerprint density at radius 2 is 1.88 bits per heavy atom. The third kappa shape index (κ3) is 1.44. The second-order valence-electron chi connectivity index (χ2n) is 3.83. The van der Waals surface area contributed by atoms with Crippen LogP contribution in [0.1, 0.15) is 5.56 Å². The fraction of sp³-hybridized carbons (Fsp3) is 0.0714. The van der Waals surface area contributed by atoms with E-state index in [9.17, 15) is 0 Å². The van der Waals surface area contributed by atoms with Crippen LogP contribution in [0.25, 0.3) is 21.7 Å². The molecule has 0 bridgehead atoms. The predicted octanol–water partition coefficient (Wildman–Crippen LogP) is 4.13. The highest BCUT2D eigenvalue weighted by Crippen LogP contribution is 2.24.